The number of halogens is 2. The highest BCUT2D eigenvalue weighted by atomic mass is 35.5. The first-order chi connectivity index (χ1) is 7.66. The highest BCUT2D eigenvalue weighted by Gasteiger charge is 2.23. The van der Waals surface area contributed by atoms with Gasteiger partial charge in [0.2, 0.25) is 0 Å². The Hall–Kier alpha value is -0.280. The van der Waals surface area contributed by atoms with Crippen LogP contribution in [-0.4, -0.2) is 24.0 Å². The number of benzene rings is 1. The maximum absolute atomic E-state index is 6.16. The van der Waals surface area contributed by atoms with E-state index in [1.165, 1.54) is 5.56 Å². The number of likely N-dealkylation sites (tertiary alicyclic amines) is 1. The molecular formula is C13H20Cl2N2. The van der Waals surface area contributed by atoms with E-state index in [0.29, 0.717) is 12.0 Å². The first-order valence-electron chi connectivity index (χ1n) is 5.88. The van der Waals surface area contributed by atoms with Crippen LogP contribution in [0.5, 0.6) is 0 Å². The molecular weight excluding hydrogens is 255 g/mol. The van der Waals surface area contributed by atoms with E-state index in [9.17, 15) is 0 Å². The minimum Gasteiger partial charge on any atom is -0.327 e. The number of nitrogens with zero attached hydrogens (tertiary/aromatic N) is 1. The Kier molecular flexibility index (Phi) is 5.74. The minimum atomic E-state index is 0. The Bertz CT molecular complexity index is 357. The zero-order valence-electron chi connectivity index (χ0n) is 10.1. The van der Waals surface area contributed by atoms with Gasteiger partial charge in [0, 0.05) is 24.2 Å². The molecule has 2 atom stereocenters. The quantitative estimate of drug-likeness (QED) is 0.899. The summed E-state index contributed by atoms with van der Waals surface area (Å²) in [7, 11) is 0. The average molecular weight is 275 g/mol. The lowest BCUT2D eigenvalue weighted by molar-refractivity contribution is 0.158. The standard InChI is InChI=1S/C13H19ClN2.ClH/c1-10-8-16(7-6-13(10)15)9-11-4-2-3-5-12(11)14;/h2-5,10,13H,6-9,15H2,1H3;1H. The summed E-state index contributed by atoms with van der Waals surface area (Å²) in [6, 6.07) is 8.43. The number of nitrogens with two attached hydrogens (primary N) is 1. The first kappa shape index (κ1) is 14.8. The Morgan fingerprint density at radius 1 is 1.41 bits per heavy atom. The normalized spacial score (nSPS) is 25.4. The lowest BCUT2D eigenvalue weighted by atomic mass is 9.94. The van der Waals surface area contributed by atoms with Gasteiger partial charge in [0.15, 0.2) is 0 Å². The molecule has 96 valence electrons. The van der Waals surface area contributed by atoms with Crippen molar-refractivity contribution in [3.8, 4) is 0 Å². The highest BCUT2D eigenvalue weighted by Crippen LogP contribution is 2.21. The summed E-state index contributed by atoms with van der Waals surface area (Å²) in [5.41, 5.74) is 7.23. The molecule has 0 spiro atoms. The molecule has 17 heavy (non-hydrogen) atoms. The Morgan fingerprint density at radius 2 is 2.12 bits per heavy atom. The molecule has 0 amide bonds. The molecule has 1 aromatic carbocycles. The SMILES string of the molecule is CC1CN(Cc2ccccc2Cl)CCC1N.Cl. The van der Waals surface area contributed by atoms with Gasteiger partial charge in [-0.1, -0.05) is 36.7 Å². The maximum Gasteiger partial charge on any atom is 0.0451 e. The van der Waals surface area contributed by atoms with Crippen molar-refractivity contribution in [3.63, 3.8) is 0 Å². The van der Waals surface area contributed by atoms with Crippen molar-refractivity contribution in [1.82, 2.24) is 4.90 Å². The molecule has 0 aliphatic carbocycles. The topological polar surface area (TPSA) is 29.3 Å². The minimum absolute atomic E-state index is 0. The summed E-state index contributed by atoms with van der Waals surface area (Å²) in [4.78, 5) is 2.44. The lowest BCUT2D eigenvalue weighted by Gasteiger charge is -2.35. The molecule has 1 saturated heterocycles. The molecule has 1 aliphatic heterocycles. The molecule has 0 bridgehead atoms. The van der Waals surface area contributed by atoms with Gasteiger partial charge in [-0.3, -0.25) is 4.90 Å². The molecule has 4 heteroatoms. The van der Waals surface area contributed by atoms with Crippen LogP contribution < -0.4 is 5.73 Å². The van der Waals surface area contributed by atoms with Gasteiger partial charge in [-0.05, 0) is 30.5 Å². The van der Waals surface area contributed by atoms with Crippen LogP contribution in [-0.2, 0) is 6.54 Å². The Labute approximate surface area is 115 Å². The molecule has 0 aromatic heterocycles. The third kappa shape index (κ3) is 3.85. The van der Waals surface area contributed by atoms with Crippen LogP contribution in [0.1, 0.15) is 18.9 Å². The fraction of sp³-hybridized carbons (Fsp3) is 0.538. The number of rotatable bonds is 2. The Morgan fingerprint density at radius 3 is 2.76 bits per heavy atom. The van der Waals surface area contributed by atoms with E-state index in [1.807, 2.05) is 18.2 Å². The van der Waals surface area contributed by atoms with Crippen LogP contribution in [0.15, 0.2) is 24.3 Å². The second-order valence-corrected chi connectivity index (χ2v) is 5.16. The summed E-state index contributed by atoms with van der Waals surface area (Å²) in [6.07, 6.45) is 1.09. The van der Waals surface area contributed by atoms with Gasteiger partial charge < -0.3 is 5.73 Å². The van der Waals surface area contributed by atoms with Crippen LogP contribution in [0.2, 0.25) is 5.02 Å². The molecule has 2 rings (SSSR count). The van der Waals surface area contributed by atoms with Crippen molar-refractivity contribution >= 4 is 24.0 Å². The molecule has 2 N–H and O–H groups in total. The second-order valence-electron chi connectivity index (χ2n) is 4.76. The molecule has 2 nitrogen and oxygen atoms in total. The van der Waals surface area contributed by atoms with Crippen molar-refractivity contribution in [2.45, 2.75) is 25.9 Å². The molecule has 0 saturated carbocycles. The zero-order valence-corrected chi connectivity index (χ0v) is 11.7. The van der Waals surface area contributed by atoms with E-state index >= 15 is 0 Å². The third-order valence-corrected chi connectivity index (χ3v) is 3.78. The predicted octanol–water partition coefficient (Wildman–Crippen LogP) is 2.93. The zero-order chi connectivity index (χ0) is 11.5. The average Bonchev–Trinajstić information content (AvgIpc) is 2.27. The third-order valence-electron chi connectivity index (χ3n) is 3.41. The largest absolute Gasteiger partial charge is 0.327 e. The lowest BCUT2D eigenvalue weighted by Crippen LogP contribution is -2.45. The molecule has 1 fully saturated rings. The van der Waals surface area contributed by atoms with Crippen molar-refractivity contribution in [3.05, 3.63) is 34.9 Å². The highest BCUT2D eigenvalue weighted by molar-refractivity contribution is 6.31. The molecule has 1 aromatic rings. The van der Waals surface area contributed by atoms with Gasteiger partial charge in [-0.15, -0.1) is 12.4 Å². The summed E-state index contributed by atoms with van der Waals surface area (Å²) in [6.45, 7) is 5.32. The van der Waals surface area contributed by atoms with Gasteiger partial charge in [0.1, 0.15) is 0 Å². The van der Waals surface area contributed by atoms with Crippen LogP contribution in [0, 0.1) is 5.92 Å². The van der Waals surface area contributed by atoms with E-state index in [2.05, 4.69) is 17.9 Å². The van der Waals surface area contributed by atoms with Crippen LogP contribution in [0.25, 0.3) is 0 Å². The van der Waals surface area contributed by atoms with Crippen molar-refractivity contribution in [2.24, 2.45) is 11.7 Å². The summed E-state index contributed by atoms with van der Waals surface area (Å²) < 4.78 is 0. The first-order valence-corrected chi connectivity index (χ1v) is 6.26. The maximum atomic E-state index is 6.16. The fourth-order valence-corrected chi connectivity index (χ4v) is 2.46. The molecule has 2 unspecified atom stereocenters. The van der Waals surface area contributed by atoms with Gasteiger partial charge in [0.05, 0.1) is 0 Å². The second kappa shape index (κ2) is 6.60. The van der Waals surface area contributed by atoms with Crippen LogP contribution >= 0.6 is 24.0 Å². The van der Waals surface area contributed by atoms with Crippen LogP contribution in [0.3, 0.4) is 0 Å². The van der Waals surface area contributed by atoms with E-state index in [4.69, 9.17) is 17.3 Å². The van der Waals surface area contributed by atoms with E-state index in [1.54, 1.807) is 0 Å². The number of piperidine rings is 1. The summed E-state index contributed by atoms with van der Waals surface area (Å²) >= 11 is 6.16. The van der Waals surface area contributed by atoms with Crippen molar-refractivity contribution in [2.75, 3.05) is 13.1 Å². The number of hydrogen-bond acceptors (Lipinski definition) is 2. The van der Waals surface area contributed by atoms with Gasteiger partial charge in [0.25, 0.3) is 0 Å². The fourth-order valence-electron chi connectivity index (χ4n) is 2.26. The van der Waals surface area contributed by atoms with E-state index < -0.39 is 0 Å². The van der Waals surface area contributed by atoms with Crippen molar-refractivity contribution in [1.29, 1.82) is 0 Å². The van der Waals surface area contributed by atoms with Gasteiger partial charge >= 0.3 is 0 Å². The van der Waals surface area contributed by atoms with Crippen molar-refractivity contribution < 1.29 is 0 Å². The summed E-state index contributed by atoms with van der Waals surface area (Å²) in [5.74, 6) is 0.580. The monoisotopic (exact) mass is 274 g/mol. The Balaban J connectivity index is 0.00000144. The molecule has 1 aliphatic rings. The van der Waals surface area contributed by atoms with Gasteiger partial charge in [-0.25, -0.2) is 0 Å². The predicted molar refractivity (Wildman–Crippen MR) is 75.7 cm³/mol. The molecule has 1 heterocycles. The van der Waals surface area contributed by atoms with E-state index in [0.717, 1.165) is 31.1 Å². The van der Waals surface area contributed by atoms with Crippen LogP contribution in [0.4, 0.5) is 0 Å². The molecule has 0 radical (unpaired) electrons. The van der Waals surface area contributed by atoms with E-state index in [-0.39, 0.29) is 12.4 Å². The van der Waals surface area contributed by atoms with Gasteiger partial charge in [-0.2, -0.15) is 0 Å². The smallest absolute Gasteiger partial charge is 0.0451 e. The number of hydrogen-bond donors (Lipinski definition) is 1. The summed E-state index contributed by atoms with van der Waals surface area (Å²) in [5, 5.41) is 0.866.